The molecule has 1 aromatic rings. The van der Waals surface area contributed by atoms with Gasteiger partial charge in [0.05, 0.1) is 18.1 Å². The van der Waals surface area contributed by atoms with E-state index in [4.69, 9.17) is 4.42 Å². The standard InChI is InChI=1S/C11H16O2/c1-8-6-13-7-9(8)11(3,12)10(2)4-5-10/h6-7,12H,4-5H2,1-3H3. The fourth-order valence-corrected chi connectivity index (χ4v) is 1.86. The van der Waals surface area contributed by atoms with Crippen molar-refractivity contribution in [3.63, 3.8) is 0 Å². The summed E-state index contributed by atoms with van der Waals surface area (Å²) in [6.45, 7) is 5.98. The Balaban J connectivity index is 2.40. The molecule has 13 heavy (non-hydrogen) atoms. The van der Waals surface area contributed by atoms with Crippen LogP contribution in [0, 0.1) is 12.3 Å². The minimum Gasteiger partial charge on any atom is -0.472 e. The minimum atomic E-state index is -0.732. The summed E-state index contributed by atoms with van der Waals surface area (Å²) in [5.41, 5.74) is 1.30. The molecule has 0 aromatic carbocycles. The van der Waals surface area contributed by atoms with Crippen LogP contribution in [0.15, 0.2) is 16.9 Å². The van der Waals surface area contributed by atoms with E-state index in [1.807, 2.05) is 13.8 Å². The maximum absolute atomic E-state index is 10.4. The van der Waals surface area contributed by atoms with Crippen molar-refractivity contribution in [1.29, 1.82) is 0 Å². The van der Waals surface area contributed by atoms with E-state index in [0.29, 0.717) is 0 Å². The van der Waals surface area contributed by atoms with Gasteiger partial charge in [-0.3, -0.25) is 0 Å². The van der Waals surface area contributed by atoms with Gasteiger partial charge in [0.1, 0.15) is 0 Å². The summed E-state index contributed by atoms with van der Waals surface area (Å²) >= 11 is 0. The second kappa shape index (κ2) is 2.38. The zero-order valence-corrected chi connectivity index (χ0v) is 8.42. The number of aryl methyl sites for hydroxylation is 1. The van der Waals surface area contributed by atoms with Crippen molar-refractivity contribution in [1.82, 2.24) is 0 Å². The Morgan fingerprint density at radius 3 is 2.46 bits per heavy atom. The van der Waals surface area contributed by atoms with E-state index >= 15 is 0 Å². The molecule has 1 saturated carbocycles. The highest BCUT2D eigenvalue weighted by atomic mass is 16.3. The number of hydrogen-bond donors (Lipinski definition) is 1. The van der Waals surface area contributed by atoms with Gasteiger partial charge >= 0.3 is 0 Å². The van der Waals surface area contributed by atoms with Gasteiger partial charge in [-0.2, -0.15) is 0 Å². The van der Waals surface area contributed by atoms with Gasteiger partial charge < -0.3 is 9.52 Å². The molecule has 1 aliphatic rings. The topological polar surface area (TPSA) is 33.4 Å². The van der Waals surface area contributed by atoms with Crippen LogP contribution in [-0.2, 0) is 5.60 Å². The number of rotatable bonds is 2. The van der Waals surface area contributed by atoms with Crippen LogP contribution in [0.2, 0.25) is 0 Å². The first-order valence-corrected chi connectivity index (χ1v) is 4.73. The van der Waals surface area contributed by atoms with Crippen LogP contribution in [0.5, 0.6) is 0 Å². The third-order valence-electron chi connectivity index (χ3n) is 3.56. The Bertz CT molecular complexity index is 319. The van der Waals surface area contributed by atoms with E-state index in [-0.39, 0.29) is 5.41 Å². The van der Waals surface area contributed by atoms with E-state index in [1.54, 1.807) is 12.5 Å². The molecule has 1 atom stereocenters. The molecule has 2 rings (SSSR count). The summed E-state index contributed by atoms with van der Waals surface area (Å²) in [5.74, 6) is 0. The highest BCUT2D eigenvalue weighted by Crippen LogP contribution is 2.58. The molecule has 1 aromatic heterocycles. The Kier molecular flexibility index (Phi) is 1.62. The van der Waals surface area contributed by atoms with Gasteiger partial charge in [0, 0.05) is 11.0 Å². The number of hydrogen-bond acceptors (Lipinski definition) is 2. The number of furan rings is 1. The molecule has 0 amide bonds. The van der Waals surface area contributed by atoms with E-state index in [1.165, 1.54) is 0 Å². The van der Waals surface area contributed by atoms with Crippen molar-refractivity contribution >= 4 is 0 Å². The van der Waals surface area contributed by atoms with E-state index in [2.05, 4.69) is 6.92 Å². The molecule has 1 aliphatic carbocycles. The highest BCUT2D eigenvalue weighted by molar-refractivity contribution is 5.29. The summed E-state index contributed by atoms with van der Waals surface area (Å²) in [7, 11) is 0. The average molecular weight is 180 g/mol. The molecule has 0 saturated heterocycles. The van der Waals surface area contributed by atoms with Crippen molar-refractivity contribution in [2.45, 2.75) is 39.2 Å². The Morgan fingerprint density at radius 2 is 2.08 bits per heavy atom. The maximum Gasteiger partial charge on any atom is 0.0966 e. The summed E-state index contributed by atoms with van der Waals surface area (Å²) in [4.78, 5) is 0. The minimum absolute atomic E-state index is 0.0572. The summed E-state index contributed by atoms with van der Waals surface area (Å²) in [6.07, 6.45) is 5.56. The summed E-state index contributed by atoms with van der Waals surface area (Å²) < 4.78 is 5.09. The number of aliphatic hydroxyl groups is 1. The van der Waals surface area contributed by atoms with Gasteiger partial charge in [-0.1, -0.05) is 6.92 Å². The zero-order chi connectivity index (χ0) is 9.69. The second-order valence-corrected chi connectivity index (χ2v) is 4.60. The Hall–Kier alpha value is -0.760. The van der Waals surface area contributed by atoms with Crippen LogP contribution >= 0.6 is 0 Å². The lowest BCUT2D eigenvalue weighted by Crippen LogP contribution is -2.31. The second-order valence-electron chi connectivity index (χ2n) is 4.60. The third kappa shape index (κ3) is 1.12. The van der Waals surface area contributed by atoms with Crippen LogP contribution in [0.25, 0.3) is 0 Å². The molecule has 72 valence electrons. The summed E-state index contributed by atoms with van der Waals surface area (Å²) in [5, 5.41) is 10.4. The van der Waals surface area contributed by atoms with Crippen LogP contribution in [-0.4, -0.2) is 5.11 Å². The Labute approximate surface area is 78.6 Å². The van der Waals surface area contributed by atoms with E-state index < -0.39 is 5.60 Å². The normalized spacial score (nSPS) is 24.0. The lowest BCUT2D eigenvalue weighted by molar-refractivity contribution is -0.0136. The molecular weight excluding hydrogens is 164 g/mol. The van der Waals surface area contributed by atoms with E-state index in [9.17, 15) is 5.11 Å². The predicted octanol–water partition coefficient (Wildman–Crippen LogP) is 2.60. The molecule has 1 unspecified atom stereocenters. The SMILES string of the molecule is Cc1cocc1C(C)(O)C1(C)CC1. The molecule has 1 heterocycles. The molecule has 2 nitrogen and oxygen atoms in total. The molecule has 2 heteroatoms. The van der Waals surface area contributed by atoms with Gasteiger partial charge in [-0.05, 0) is 32.3 Å². The highest BCUT2D eigenvalue weighted by Gasteiger charge is 2.53. The van der Waals surface area contributed by atoms with Crippen molar-refractivity contribution < 1.29 is 9.52 Å². The smallest absolute Gasteiger partial charge is 0.0966 e. The fraction of sp³-hybridized carbons (Fsp3) is 0.636. The first-order chi connectivity index (χ1) is 5.97. The lowest BCUT2D eigenvalue weighted by atomic mass is 9.81. The maximum atomic E-state index is 10.4. The first-order valence-electron chi connectivity index (χ1n) is 4.73. The van der Waals surface area contributed by atoms with Crippen molar-refractivity contribution in [3.05, 3.63) is 23.7 Å². The monoisotopic (exact) mass is 180 g/mol. The van der Waals surface area contributed by atoms with Gasteiger partial charge in [0.15, 0.2) is 0 Å². The van der Waals surface area contributed by atoms with Crippen LogP contribution in [0.4, 0.5) is 0 Å². The largest absolute Gasteiger partial charge is 0.472 e. The average Bonchev–Trinajstić information content (AvgIpc) is 2.63. The summed E-state index contributed by atoms with van der Waals surface area (Å²) in [6, 6.07) is 0. The van der Waals surface area contributed by atoms with Crippen LogP contribution in [0.1, 0.15) is 37.8 Å². The van der Waals surface area contributed by atoms with Gasteiger partial charge in [-0.25, -0.2) is 0 Å². The predicted molar refractivity (Wildman–Crippen MR) is 50.4 cm³/mol. The fourth-order valence-electron chi connectivity index (χ4n) is 1.86. The third-order valence-corrected chi connectivity index (χ3v) is 3.56. The molecule has 0 spiro atoms. The zero-order valence-electron chi connectivity index (χ0n) is 8.42. The molecule has 0 aliphatic heterocycles. The molecule has 1 fully saturated rings. The lowest BCUT2D eigenvalue weighted by Gasteiger charge is -2.30. The van der Waals surface area contributed by atoms with Gasteiger partial charge in [-0.15, -0.1) is 0 Å². The quantitative estimate of drug-likeness (QED) is 0.758. The molecule has 0 radical (unpaired) electrons. The van der Waals surface area contributed by atoms with Crippen LogP contribution < -0.4 is 0 Å². The van der Waals surface area contributed by atoms with Crippen molar-refractivity contribution in [2.75, 3.05) is 0 Å². The molecule has 1 N–H and O–H groups in total. The molecule has 0 bridgehead atoms. The van der Waals surface area contributed by atoms with Crippen LogP contribution in [0.3, 0.4) is 0 Å². The van der Waals surface area contributed by atoms with E-state index in [0.717, 1.165) is 24.0 Å². The Morgan fingerprint density at radius 1 is 1.46 bits per heavy atom. The first kappa shape index (κ1) is 8.82. The van der Waals surface area contributed by atoms with Crippen molar-refractivity contribution in [3.8, 4) is 0 Å². The van der Waals surface area contributed by atoms with Gasteiger partial charge in [0.25, 0.3) is 0 Å². The van der Waals surface area contributed by atoms with Gasteiger partial charge in [0.2, 0.25) is 0 Å². The molecular formula is C11H16O2. The van der Waals surface area contributed by atoms with Crippen molar-refractivity contribution in [2.24, 2.45) is 5.41 Å².